The van der Waals surface area contributed by atoms with Crippen LogP contribution in [0.3, 0.4) is 0 Å². The number of hydrogen-bond donors (Lipinski definition) is 2. The Balaban J connectivity index is 1.65. The number of aliphatic carboxylic acids is 1. The van der Waals surface area contributed by atoms with Crippen LogP contribution in [0.5, 0.6) is 0 Å². The van der Waals surface area contributed by atoms with Gasteiger partial charge >= 0.3 is 12.0 Å². The molecule has 0 aromatic heterocycles. The van der Waals surface area contributed by atoms with Gasteiger partial charge in [-0.1, -0.05) is 0 Å². The highest BCUT2D eigenvalue weighted by Crippen LogP contribution is 2.13. The predicted molar refractivity (Wildman–Crippen MR) is 72.6 cm³/mol. The molecule has 114 valence electrons. The van der Waals surface area contributed by atoms with Crippen molar-refractivity contribution < 1.29 is 19.4 Å². The number of amides is 2. The Morgan fingerprint density at radius 2 is 1.80 bits per heavy atom. The van der Waals surface area contributed by atoms with E-state index >= 15 is 0 Å². The zero-order chi connectivity index (χ0) is 14.4. The van der Waals surface area contributed by atoms with E-state index in [0.29, 0.717) is 38.6 Å². The van der Waals surface area contributed by atoms with Gasteiger partial charge in [-0.3, -0.25) is 9.69 Å². The van der Waals surface area contributed by atoms with Gasteiger partial charge in [0.25, 0.3) is 0 Å². The molecule has 0 aliphatic carbocycles. The number of nitrogens with zero attached hydrogens (tertiary/aromatic N) is 2. The van der Waals surface area contributed by atoms with Gasteiger partial charge < -0.3 is 20.1 Å². The molecule has 2 heterocycles. The van der Waals surface area contributed by atoms with Crippen LogP contribution in [0, 0.1) is 5.92 Å². The van der Waals surface area contributed by atoms with E-state index in [1.165, 1.54) is 0 Å². The lowest BCUT2D eigenvalue weighted by molar-refractivity contribution is -0.138. The Labute approximate surface area is 118 Å². The zero-order valence-electron chi connectivity index (χ0n) is 11.7. The van der Waals surface area contributed by atoms with Gasteiger partial charge in [0.05, 0.1) is 6.54 Å². The van der Waals surface area contributed by atoms with E-state index in [1.807, 2.05) is 4.90 Å². The second kappa shape index (κ2) is 7.44. The number of carboxylic acids is 1. The highest BCUT2D eigenvalue weighted by Gasteiger charge is 2.23. The highest BCUT2D eigenvalue weighted by molar-refractivity contribution is 5.74. The molecule has 20 heavy (non-hydrogen) atoms. The molecule has 2 saturated heterocycles. The number of rotatable bonds is 4. The lowest BCUT2D eigenvalue weighted by atomic mass is 10.0. The monoisotopic (exact) mass is 285 g/mol. The van der Waals surface area contributed by atoms with Gasteiger partial charge in [0, 0.05) is 45.9 Å². The van der Waals surface area contributed by atoms with E-state index in [9.17, 15) is 9.59 Å². The Morgan fingerprint density at radius 3 is 2.40 bits per heavy atom. The fourth-order valence-corrected chi connectivity index (χ4v) is 2.59. The van der Waals surface area contributed by atoms with E-state index in [-0.39, 0.29) is 12.6 Å². The molecule has 2 amide bonds. The molecule has 0 radical (unpaired) electrons. The van der Waals surface area contributed by atoms with E-state index in [0.717, 1.165) is 26.1 Å². The van der Waals surface area contributed by atoms with Crippen molar-refractivity contribution in [2.75, 3.05) is 52.5 Å². The van der Waals surface area contributed by atoms with Crippen LogP contribution in [-0.2, 0) is 9.53 Å². The summed E-state index contributed by atoms with van der Waals surface area (Å²) in [5.41, 5.74) is 0. The van der Waals surface area contributed by atoms with Crippen molar-refractivity contribution in [2.24, 2.45) is 5.92 Å². The van der Waals surface area contributed by atoms with E-state index in [2.05, 4.69) is 5.32 Å². The van der Waals surface area contributed by atoms with Crippen LogP contribution in [0.15, 0.2) is 0 Å². The van der Waals surface area contributed by atoms with Crippen LogP contribution in [0.2, 0.25) is 0 Å². The van der Waals surface area contributed by atoms with Crippen molar-refractivity contribution in [2.45, 2.75) is 12.8 Å². The fourth-order valence-electron chi connectivity index (χ4n) is 2.59. The van der Waals surface area contributed by atoms with Gasteiger partial charge in [0.2, 0.25) is 0 Å². The van der Waals surface area contributed by atoms with Crippen LogP contribution in [-0.4, -0.2) is 79.4 Å². The van der Waals surface area contributed by atoms with Crippen molar-refractivity contribution >= 4 is 12.0 Å². The molecule has 2 fully saturated rings. The van der Waals surface area contributed by atoms with Gasteiger partial charge in [0.1, 0.15) is 0 Å². The molecular weight excluding hydrogens is 262 g/mol. The van der Waals surface area contributed by atoms with Gasteiger partial charge in [-0.15, -0.1) is 0 Å². The maximum Gasteiger partial charge on any atom is 0.317 e. The highest BCUT2D eigenvalue weighted by atomic mass is 16.5. The lowest BCUT2D eigenvalue weighted by Gasteiger charge is -2.34. The maximum absolute atomic E-state index is 12.0. The number of carboxylic acid groups (broad SMARTS) is 1. The molecule has 0 saturated carbocycles. The smallest absolute Gasteiger partial charge is 0.317 e. The molecular formula is C13H23N3O4. The average molecular weight is 285 g/mol. The maximum atomic E-state index is 12.0. The summed E-state index contributed by atoms with van der Waals surface area (Å²) in [7, 11) is 0. The Morgan fingerprint density at radius 1 is 1.15 bits per heavy atom. The fraction of sp³-hybridized carbons (Fsp3) is 0.846. The summed E-state index contributed by atoms with van der Waals surface area (Å²) in [5, 5.41) is 11.7. The Kier molecular flexibility index (Phi) is 5.60. The first kappa shape index (κ1) is 15.1. The third-order valence-corrected chi connectivity index (χ3v) is 3.90. The van der Waals surface area contributed by atoms with Gasteiger partial charge in [0.15, 0.2) is 0 Å². The summed E-state index contributed by atoms with van der Waals surface area (Å²) < 4.78 is 5.29. The Hall–Kier alpha value is -1.34. The summed E-state index contributed by atoms with van der Waals surface area (Å²) in [6.07, 6.45) is 2.01. The number of hydrogen-bond acceptors (Lipinski definition) is 4. The molecule has 2 N–H and O–H groups in total. The molecule has 0 aromatic rings. The summed E-state index contributed by atoms with van der Waals surface area (Å²) in [4.78, 5) is 26.2. The minimum absolute atomic E-state index is 0.0357. The van der Waals surface area contributed by atoms with Crippen LogP contribution in [0.4, 0.5) is 4.79 Å². The van der Waals surface area contributed by atoms with Crippen molar-refractivity contribution in [3.63, 3.8) is 0 Å². The third-order valence-electron chi connectivity index (χ3n) is 3.90. The van der Waals surface area contributed by atoms with Crippen LogP contribution in [0.25, 0.3) is 0 Å². The normalized spacial score (nSPS) is 21.7. The topological polar surface area (TPSA) is 82.1 Å². The van der Waals surface area contributed by atoms with Crippen LogP contribution in [0.1, 0.15) is 12.8 Å². The molecule has 0 atom stereocenters. The second-order valence-corrected chi connectivity index (χ2v) is 5.40. The number of carbonyl (C=O) groups excluding carboxylic acids is 1. The van der Waals surface area contributed by atoms with Crippen molar-refractivity contribution in [1.82, 2.24) is 15.1 Å². The first-order valence-electron chi connectivity index (χ1n) is 7.20. The molecule has 2 aliphatic rings. The molecule has 2 rings (SSSR count). The number of piperazine rings is 1. The molecule has 0 unspecified atom stereocenters. The van der Waals surface area contributed by atoms with Crippen molar-refractivity contribution in [3.8, 4) is 0 Å². The van der Waals surface area contributed by atoms with Crippen molar-refractivity contribution in [1.29, 1.82) is 0 Å². The third kappa shape index (κ3) is 4.64. The van der Waals surface area contributed by atoms with Gasteiger partial charge in [-0.2, -0.15) is 0 Å². The largest absolute Gasteiger partial charge is 0.480 e. The number of carbonyl (C=O) groups is 2. The SMILES string of the molecule is O=C(O)CN1CCN(C(=O)NCC2CCOCC2)CC1. The van der Waals surface area contributed by atoms with Gasteiger partial charge in [-0.05, 0) is 18.8 Å². The molecule has 0 aromatic carbocycles. The van der Waals surface area contributed by atoms with E-state index in [4.69, 9.17) is 9.84 Å². The molecule has 7 nitrogen and oxygen atoms in total. The summed E-state index contributed by atoms with van der Waals surface area (Å²) in [6.45, 7) is 4.76. The summed E-state index contributed by atoms with van der Waals surface area (Å²) >= 11 is 0. The molecule has 7 heteroatoms. The van der Waals surface area contributed by atoms with Crippen molar-refractivity contribution in [3.05, 3.63) is 0 Å². The lowest BCUT2D eigenvalue weighted by Crippen LogP contribution is -2.53. The minimum atomic E-state index is -0.817. The van der Waals surface area contributed by atoms with Crippen LogP contribution < -0.4 is 5.32 Å². The molecule has 0 bridgehead atoms. The number of nitrogens with one attached hydrogen (secondary N) is 1. The number of ether oxygens (including phenoxy) is 1. The van der Waals surface area contributed by atoms with Gasteiger partial charge in [-0.25, -0.2) is 4.79 Å². The Bertz CT molecular complexity index is 337. The quantitative estimate of drug-likeness (QED) is 0.749. The standard InChI is InChI=1S/C13H23N3O4/c17-12(18)10-15-3-5-16(6-4-15)13(19)14-9-11-1-7-20-8-2-11/h11H,1-10H2,(H,14,19)(H,17,18). The minimum Gasteiger partial charge on any atom is -0.480 e. The second-order valence-electron chi connectivity index (χ2n) is 5.40. The first-order valence-corrected chi connectivity index (χ1v) is 7.20. The zero-order valence-corrected chi connectivity index (χ0v) is 11.7. The number of urea groups is 1. The average Bonchev–Trinajstić information content (AvgIpc) is 2.46. The summed E-state index contributed by atoms with van der Waals surface area (Å²) in [6, 6.07) is -0.0357. The van der Waals surface area contributed by atoms with E-state index in [1.54, 1.807) is 4.90 Å². The molecule has 2 aliphatic heterocycles. The predicted octanol–water partition coefficient (Wildman–Crippen LogP) is -0.175. The molecule has 0 spiro atoms. The van der Waals surface area contributed by atoms with Crippen LogP contribution >= 0.6 is 0 Å². The van der Waals surface area contributed by atoms with E-state index < -0.39 is 5.97 Å². The summed E-state index contributed by atoms with van der Waals surface area (Å²) in [5.74, 6) is -0.302. The first-order chi connectivity index (χ1) is 9.65.